The molecule has 0 aliphatic carbocycles. The Morgan fingerprint density at radius 2 is 1.95 bits per heavy atom. The summed E-state index contributed by atoms with van der Waals surface area (Å²) >= 11 is 5.86. The first kappa shape index (κ1) is 16.2. The molecule has 0 aliphatic heterocycles. The molecule has 1 aromatic heterocycles. The first-order chi connectivity index (χ1) is 9.23. The number of nitrogens with zero attached hydrogens (tertiary/aromatic N) is 1. The minimum Gasteiger partial charge on any atom is -0.465 e. The average Bonchev–Trinajstić information content (AvgIpc) is 2.33. The van der Waals surface area contributed by atoms with Crippen molar-refractivity contribution in [2.75, 3.05) is 7.11 Å². The van der Waals surface area contributed by atoms with Gasteiger partial charge in [0, 0.05) is 6.08 Å². The summed E-state index contributed by atoms with van der Waals surface area (Å²) in [7, 11) is 1.26. The summed E-state index contributed by atoms with van der Waals surface area (Å²) in [6, 6.07) is 3.04. The van der Waals surface area contributed by atoms with Crippen molar-refractivity contribution in [1.29, 1.82) is 0 Å². The van der Waals surface area contributed by atoms with Crippen LogP contribution in [0, 0.1) is 0 Å². The lowest BCUT2D eigenvalue weighted by Gasteiger charge is -2.17. The zero-order chi connectivity index (χ0) is 15.3. The van der Waals surface area contributed by atoms with E-state index in [-0.39, 0.29) is 10.7 Å². The average molecular weight is 298 g/mol. The van der Waals surface area contributed by atoms with Gasteiger partial charge in [0.25, 0.3) is 0 Å². The van der Waals surface area contributed by atoms with Gasteiger partial charge in [-0.1, -0.05) is 11.6 Å². The number of halogens is 1. The monoisotopic (exact) mass is 297 g/mol. The van der Waals surface area contributed by atoms with Crippen LogP contribution >= 0.6 is 11.6 Å². The third kappa shape index (κ3) is 5.01. The van der Waals surface area contributed by atoms with Crippen LogP contribution in [0.4, 0.5) is 0 Å². The number of carbonyl (C=O) groups is 2. The molecule has 6 heteroatoms. The number of methoxy groups -OCH3 is 1. The van der Waals surface area contributed by atoms with Crippen LogP contribution in [0.2, 0.25) is 5.15 Å². The van der Waals surface area contributed by atoms with Crippen molar-refractivity contribution in [1.82, 2.24) is 4.98 Å². The van der Waals surface area contributed by atoms with Crippen molar-refractivity contribution in [3.05, 3.63) is 34.6 Å². The molecule has 0 aromatic carbocycles. The van der Waals surface area contributed by atoms with Gasteiger partial charge >= 0.3 is 11.9 Å². The molecule has 1 aromatic rings. The van der Waals surface area contributed by atoms with E-state index in [1.165, 1.54) is 25.3 Å². The SMILES string of the molecule is COC(=O)c1ccc(/C=C/C(=O)OC(C)(C)C)nc1Cl. The van der Waals surface area contributed by atoms with Crippen LogP contribution < -0.4 is 0 Å². The van der Waals surface area contributed by atoms with E-state index >= 15 is 0 Å². The summed E-state index contributed by atoms with van der Waals surface area (Å²) in [6.45, 7) is 5.33. The summed E-state index contributed by atoms with van der Waals surface area (Å²) in [4.78, 5) is 26.8. The van der Waals surface area contributed by atoms with Gasteiger partial charge in [0.15, 0.2) is 0 Å². The van der Waals surface area contributed by atoms with Gasteiger partial charge in [-0.05, 0) is 39.0 Å². The number of hydrogen-bond acceptors (Lipinski definition) is 5. The first-order valence-electron chi connectivity index (χ1n) is 5.89. The van der Waals surface area contributed by atoms with Crippen LogP contribution in [0.3, 0.4) is 0 Å². The Balaban J connectivity index is 2.82. The predicted molar refractivity (Wildman–Crippen MR) is 75.5 cm³/mol. The van der Waals surface area contributed by atoms with Gasteiger partial charge < -0.3 is 9.47 Å². The number of rotatable bonds is 3. The topological polar surface area (TPSA) is 65.5 Å². The quantitative estimate of drug-likeness (QED) is 0.487. The van der Waals surface area contributed by atoms with Crippen molar-refractivity contribution in [3.63, 3.8) is 0 Å². The fourth-order valence-corrected chi connectivity index (χ4v) is 1.53. The number of esters is 2. The van der Waals surface area contributed by atoms with Gasteiger partial charge in [0.1, 0.15) is 10.8 Å². The van der Waals surface area contributed by atoms with Gasteiger partial charge in [0.2, 0.25) is 0 Å². The zero-order valence-electron chi connectivity index (χ0n) is 11.8. The summed E-state index contributed by atoms with van der Waals surface area (Å²) in [5, 5.41) is 0.0168. The predicted octanol–water partition coefficient (Wildman–Crippen LogP) is 2.88. The van der Waals surface area contributed by atoms with E-state index in [4.69, 9.17) is 16.3 Å². The molecule has 20 heavy (non-hydrogen) atoms. The fourth-order valence-electron chi connectivity index (χ4n) is 1.29. The van der Waals surface area contributed by atoms with E-state index in [1.807, 2.05) is 0 Å². The van der Waals surface area contributed by atoms with E-state index < -0.39 is 17.5 Å². The molecule has 0 amide bonds. The van der Waals surface area contributed by atoms with Crippen molar-refractivity contribution >= 4 is 29.6 Å². The lowest BCUT2D eigenvalue weighted by molar-refractivity contribution is -0.148. The zero-order valence-corrected chi connectivity index (χ0v) is 12.5. The van der Waals surface area contributed by atoms with Crippen LogP contribution in [0.25, 0.3) is 6.08 Å². The highest BCUT2D eigenvalue weighted by molar-refractivity contribution is 6.32. The Morgan fingerprint density at radius 1 is 1.30 bits per heavy atom. The van der Waals surface area contributed by atoms with Crippen LogP contribution in [0.1, 0.15) is 36.8 Å². The van der Waals surface area contributed by atoms with E-state index in [2.05, 4.69) is 9.72 Å². The summed E-state index contributed by atoms with van der Waals surface area (Å²) in [6.07, 6.45) is 2.71. The third-order valence-corrected chi connectivity index (χ3v) is 2.36. The van der Waals surface area contributed by atoms with Gasteiger partial charge in [-0.25, -0.2) is 14.6 Å². The Bertz CT molecular complexity index is 547. The van der Waals surface area contributed by atoms with Crippen LogP contribution in [0.5, 0.6) is 0 Å². The summed E-state index contributed by atoms with van der Waals surface area (Å²) < 4.78 is 9.66. The highest BCUT2D eigenvalue weighted by atomic mass is 35.5. The molecular weight excluding hydrogens is 282 g/mol. The second kappa shape index (κ2) is 6.52. The lowest BCUT2D eigenvalue weighted by atomic mass is 10.2. The van der Waals surface area contributed by atoms with Crippen molar-refractivity contribution < 1.29 is 19.1 Å². The van der Waals surface area contributed by atoms with Gasteiger partial charge in [-0.3, -0.25) is 0 Å². The maximum Gasteiger partial charge on any atom is 0.341 e. The number of ether oxygens (including phenoxy) is 2. The van der Waals surface area contributed by atoms with Crippen LogP contribution in [-0.4, -0.2) is 29.6 Å². The molecule has 0 radical (unpaired) electrons. The molecule has 0 aliphatic rings. The van der Waals surface area contributed by atoms with Crippen molar-refractivity contribution in [3.8, 4) is 0 Å². The first-order valence-corrected chi connectivity index (χ1v) is 6.26. The Kier molecular flexibility index (Phi) is 5.27. The molecule has 1 rings (SSSR count). The Morgan fingerprint density at radius 3 is 2.45 bits per heavy atom. The highest BCUT2D eigenvalue weighted by Gasteiger charge is 2.14. The smallest absolute Gasteiger partial charge is 0.341 e. The second-order valence-electron chi connectivity index (χ2n) is 4.93. The van der Waals surface area contributed by atoms with Crippen molar-refractivity contribution in [2.24, 2.45) is 0 Å². The minimum atomic E-state index is -0.565. The molecule has 0 spiro atoms. The molecule has 0 bridgehead atoms. The van der Waals surface area contributed by atoms with E-state index in [9.17, 15) is 9.59 Å². The van der Waals surface area contributed by atoms with E-state index in [0.717, 1.165) is 0 Å². The molecule has 0 fully saturated rings. The standard InChI is InChI=1S/C14H16ClNO4/c1-14(2,3)20-11(17)8-6-9-5-7-10(12(15)16-9)13(18)19-4/h5-8H,1-4H3/b8-6+. The largest absolute Gasteiger partial charge is 0.465 e. The maximum absolute atomic E-state index is 11.5. The fraction of sp³-hybridized carbons (Fsp3) is 0.357. The molecule has 0 saturated heterocycles. The molecule has 0 saturated carbocycles. The molecular formula is C14H16ClNO4. The molecule has 0 atom stereocenters. The molecule has 108 valence electrons. The summed E-state index contributed by atoms with van der Waals surface area (Å²) in [5.74, 6) is -1.04. The van der Waals surface area contributed by atoms with Crippen molar-refractivity contribution in [2.45, 2.75) is 26.4 Å². The molecule has 1 heterocycles. The summed E-state index contributed by atoms with van der Waals surface area (Å²) in [5.41, 5.74) is 0.0541. The second-order valence-corrected chi connectivity index (χ2v) is 5.29. The maximum atomic E-state index is 11.5. The Labute approximate surface area is 122 Å². The normalized spacial score (nSPS) is 11.4. The number of carbonyl (C=O) groups excluding carboxylic acids is 2. The molecule has 0 unspecified atom stereocenters. The third-order valence-electron chi connectivity index (χ3n) is 2.07. The minimum absolute atomic E-state index is 0.0168. The van der Waals surface area contributed by atoms with Gasteiger partial charge in [0.05, 0.1) is 18.4 Å². The van der Waals surface area contributed by atoms with E-state index in [0.29, 0.717) is 5.69 Å². The van der Waals surface area contributed by atoms with Gasteiger partial charge in [-0.2, -0.15) is 0 Å². The Hall–Kier alpha value is -1.88. The number of hydrogen-bond donors (Lipinski definition) is 0. The van der Waals surface area contributed by atoms with Crippen LogP contribution in [-0.2, 0) is 14.3 Å². The van der Waals surface area contributed by atoms with Gasteiger partial charge in [-0.15, -0.1) is 0 Å². The van der Waals surface area contributed by atoms with Crippen LogP contribution in [0.15, 0.2) is 18.2 Å². The highest BCUT2D eigenvalue weighted by Crippen LogP contribution is 2.16. The number of aromatic nitrogens is 1. The van der Waals surface area contributed by atoms with E-state index in [1.54, 1.807) is 26.8 Å². The lowest BCUT2D eigenvalue weighted by Crippen LogP contribution is -2.22. The molecule has 5 nitrogen and oxygen atoms in total. The number of pyridine rings is 1. The molecule has 0 N–H and O–H groups in total.